The number of aliphatic hydroxyl groups is 1. The fraction of sp³-hybridized carbons (Fsp3) is 0.320. The third-order valence-corrected chi connectivity index (χ3v) is 6.26. The first-order valence-electron chi connectivity index (χ1n) is 11.4. The molecule has 1 amide bonds. The summed E-state index contributed by atoms with van der Waals surface area (Å²) < 4.78 is 81.4. The molecule has 4 rings (SSSR count). The van der Waals surface area contributed by atoms with Crippen LogP contribution in [0.2, 0.25) is 0 Å². The van der Waals surface area contributed by atoms with E-state index in [1.54, 1.807) is 0 Å². The zero-order valence-electron chi connectivity index (χ0n) is 20.6. The van der Waals surface area contributed by atoms with Crippen LogP contribution in [0.1, 0.15) is 35.4 Å². The Morgan fingerprint density at radius 2 is 1.90 bits per heavy atom. The highest BCUT2D eigenvalue weighted by atomic mass is 19.4. The number of rotatable bonds is 5. The van der Waals surface area contributed by atoms with Gasteiger partial charge >= 0.3 is 6.18 Å². The van der Waals surface area contributed by atoms with Crippen molar-refractivity contribution < 1.29 is 41.3 Å². The van der Waals surface area contributed by atoms with Crippen molar-refractivity contribution in [3.63, 3.8) is 0 Å². The van der Waals surface area contributed by atoms with Gasteiger partial charge in [-0.05, 0) is 18.4 Å². The molecule has 39 heavy (non-hydrogen) atoms. The number of amides is 1. The lowest BCUT2D eigenvalue weighted by Crippen LogP contribution is -2.27. The molecular weight excluding hydrogens is 529 g/mol. The molecule has 3 N–H and O–H groups in total. The van der Waals surface area contributed by atoms with Crippen molar-refractivity contribution in [2.24, 2.45) is 0 Å². The fourth-order valence-electron chi connectivity index (χ4n) is 4.33. The lowest BCUT2D eigenvalue weighted by Gasteiger charge is -2.19. The molecule has 1 unspecified atom stereocenters. The standard InChI is InChI=1S/C25H22F5N5O4/c1-4-18(36)34-8-7-12(11-34)35-22-14(23(37)25(28,29)30)10-32-24(31)19(22)15(33-35)6-5-13-20(26)16(38-2)9-17(39-3)21(13)27/h4,9-10,12,23,37H,1,7-8,11H2,2-3H3,(H2,31,32)/t12-,23?/m0/s1. The van der Waals surface area contributed by atoms with Gasteiger partial charge in [-0.15, -0.1) is 0 Å². The van der Waals surface area contributed by atoms with Gasteiger partial charge in [0.2, 0.25) is 5.91 Å². The number of aromatic nitrogens is 3. The van der Waals surface area contributed by atoms with Gasteiger partial charge in [-0.25, -0.2) is 13.8 Å². The number of pyridine rings is 1. The highest BCUT2D eigenvalue weighted by Crippen LogP contribution is 2.39. The first-order chi connectivity index (χ1) is 18.4. The van der Waals surface area contributed by atoms with Crippen molar-refractivity contribution in [1.29, 1.82) is 0 Å². The molecule has 0 radical (unpaired) electrons. The highest BCUT2D eigenvalue weighted by Gasteiger charge is 2.42. The highest BCUT2D eigenvalue weighted by molar-refractivity contribution is 5.95. The number of nitrogen functional groups attached to an aromatic ring is 1. The van der Waals surface area contributed by atoms with E-state index in [9.17, 15) is 31.9 Å². The maximum absolute atomic E-state index is 14.9. The number of likely N-dealkylation sites (tertiary alicyclic amines) is 1. The quantitative estimate of drug-likeness (QED) is 0.284. The predicted molar refractivity (Wildman–Crippen MR) is 129 cm³/mol. The van der Waals surface area contributed by atoms with Gasteiger partial charge in [-0.1, -0.05) is 12.5 Å². The van der Waals surface area contributed by atoms with Crippen LogP contribution in [0, 0.1) is 23.5 Å². The van der Waals surface area contributed by atoms with Crippen molar-refractivity contribution in [3.05, 3.63) is 53.4 Å². The Labute approximate surface area is 218 Å². The molecule has 2 atom stereocenters. The number of alkyl halides is 3. The minimum atomic E-state index is -5.06. The Balaban J connectivity index is 1.96. The number of ether oxygens (including phenoxy) is 2. The summed E-state index contributed by atoms with van der Waals surface area (Å²) in [5.74, 6) is 1.12. The van der Waals surface area contributed by atoms with E-state index in [4.69, 9.17) is 15.2 Å². The van der Waals surface area contributed by atoms with E-state index in [1.165, 1.54) is 9.58 Å². The van der Waals surface area contributed by atoms with Crippen LogP contribution in [-0.4, -0.2) is 64.2 Å². The number of nitrogens with two attached hydrogens (primary N) is 1. The van der Waals surface area contributed by atoms with Crippen LogP contribution in [0.4, 0.5) is 27.8 Å². The summed E-state index contributed by atoms with van der Waals surface area (Å²) >= 11 is 0. The molecule has 14 heteroatoms. The van der Waals surface area contributed by atoms with E-state index < -0.39 is 41.1 Å². The summed E-state index contributed by atoms with van der Waals surface area (Å²) in [5.41, 5.74) is 4.14. The summed E-state index contributed by atoms with van der Waals surface area (Å²) in [4.78, 5) is 17.3. The number of fused-ring (bicyclic) bond motifs is 1. The minimum absolute atomic E-state index is 0.0641. The number of carbonyl (C=O) groups excluding carboxylic acids is 1. The lowest BCUT2D eigenvalue weighted by molar-refractivity contribution is -0.206. The molecule has 0 saturated carbocycles. The molecule has 206 valence electrons. The number of nitrogens with zero attached hydrogens (tertiary/aromatic N) is 4. The van der Waals surface area contributed by atoms with Crippen LogP contribution in [0.5, 0.6) is 11.5 Å². The van der Waals surface area contributed by atoms with E-state index in [0.717, 1.165) is 32.6 Å². The molecule has 0 aliphatic carbocycles. The lowest BCUT2D eigenvalue weighted by atomic mass is 10.1. The molecular formula is C25H22F5N5O4. The number of halogens is 5. The summed E-state index contributed by atoms with van der Waals surface area (Å²) in [6.07, 6.45) is -5.83. The van der Waals surface area contributed by atoms with Crippen molar-refractivity contribution in [3.8, 4) is 23.3 Å². The SMILES string of the molecule is C=CC(=O)N1CC[C@H](n2nc(C#Cc3c(F)c(OC)cc(OC)c3F)c3c(N)ncc(C(O)C(F)(F)F)c32)C1. The van der Waals surface area contributed by atoms with Crippen LogP contribution in [0.25, 0.3) is 10.9 Å². The van der Waals surface area contributed by atoms with E-state index >= 15 is 0 Å². The van der Waals surface area contributed by atoms with Crippen LogP contribution in [0.15, 0.2) is 24.9 Å². The smallest absolute Gasteiger partial charge is 0.418 e. The van der Waals surface area contributed by atoms with Crippen molar-refractivity contribution in [2.45, 2.75) is 24.7 Å². The molecule has 1 fully saturated rings. The van der Waals surface area contributed by atoms with Crippen LogP contribution >= 0.6 is 0 Å². The third-order valence-electron chi connectivity index (χ3n) is 6.26. The maximum atomic E-state index is 14.9. The molecule has 0 bridgehead atoms. The van der Waals surface area contributed by atoms with Gasteiger partial charge in [0, 0.05) is 30.9 Å². The molecule has 0 spiro atoms. The van der Waals surface area contributed by atoms with Crippen molar-refractivity contribution >= 4 is 22.6 Å². The Morgan fingerprint density at radius 1 is 1.26 bits per heavy atom. The Kier molecular flexibility index (Phi) is 7.38. The average molecular weight is 551 g/mol. The second-order valence-corrected chi connectivity index (χ2v) is 8.52. The second kappa shape index (κ2) is 10.4. The number of anilines is 1. The number of hydrogen-bond donors (Lipinski definition) is 2. The number of hydrogen-bond acceptors (Lipinski definition) is 7. The fourth-order valence-corrected chi connectivity index (χ4v) is 4.33. The average Bonchev–Trinajstić information content (AvgIpc) is 3.54. The van der Waals surface area contributed by atoms with Gasteiger partial charge in [-0.3, -0.25) is 9.48 Å². The zero-order valence-corrected chi connectivity index (χ0v) is 20.6. The van der Waals surface area contributed by atoms with Gasteiger partial charge in [0.1, 0.15) is 17.1 Å². The van der Waals surface area contributed by atoms with E-state index in [0.29, 0.717) is 6.42 Å². The molecule has 3 heterocycles. The minimum Gasteiger partial charge on any atom is -0.493 e. The van der Waals surface area contributed by atoms with E-state index in [1.807, 2.05) is 0 Å². The summed E-state index contributed by atoms with van der Waals surface area (Å²) in [6.45, 7) is 3.75. The molecule has 1 aliphatic heterocycles. The molecule has 1 aromatic carbocycles. The van der Waals surface area contributed by atoms with Gasteiger partial charge in [0.05, 0.1) is 31.2 Å². The molecule has 2 aromatic heterocycles. The first-order valence-corrected chi connectivity index (χ1v) is 11.4. The van der Waals surface area contributed by atoms with Crippen molar-refractivity contribution in [2.75, 3.05) is 33.0 Å². The van der Waals surface area contributed by atoms with Crippen LogP contribution < -0.4 is 15.2 Å². The molecule has 1 aliphatic rings. The Hall–Kier alpha value is -4.38. The zero-order chi connectivity index (χ0) is 28.6. The number of carbonyl (C=O) groups is 1. The molecule has 9 nitrogen and oxygen atoms in total. The maximum Gasteiger partial charge on any atom is 0.418 e. The van der Waals surface area contributed by atoms with Gasteiger partial charge in [0.15, 0.2) is 29.2 Å². The predicted octanol–water partition coefficient (Wildman–Crippen LogP) is 3.26. The monoisotopic (exact) mass is 551 g/mol. The summed E-state index contributed by atoms with van der Waals surface area (Å²) in [5, 5.41) is 14.3. The van der Waals surface area contributed by atoms with Crippen LogP contribution in [-0.2, 0) is 4.79 Å². The normalized spacial score (nSPS) is 16.1. The Bertz CT molecular complexity index is 1500. The largest absolute Gasteiger partial charge is 0.493 e. The topological polar surface area (TPSA) is 116 Å². The third kappa shape index (κ3) is 4.92. The van der Waals surface area contributed by atoms with Gasteiger partial charge in [-0.2, -0.15) is 18.3 Å². The number of methoxy groups -OCH3 is 2. The van der Waals surface area contributed by atoms with E-state index in [-0.39, 0.29) is 52.9 Å². The number of aliphatic hydroxyl groups excluding tert-OH is 1. The van der Waals surface area contributed by atoms with Gasteiger partial charge in [0.25, 0.3) is 0 Å². The second-order valence-electron chi connectivity index (χ2n) is 8.52. The summed E-state index contributed by atoms with van der Waals surface area (Å²) in [6, 6.07) is 0.349. The molecule has 3 aromatic rings. The first kappa shape index (κ1) is 27.6. The van der Waals surface area contributed by atoms with E-state index in [2.05, 4.69) is 28.5 Å². The Morgan fingerprint density at radius 3 is 2.46 bits per heavy atom. The number of benzene rings is 1. The van der Waals surface area contributed by atoms with Crippen molar-refractivity contribution in [1.82, 2.24) is 19.7 Å². The molecule has 1 saturated heterocycles. The van der Waals surface area contributed by atoms with Gasteiger partial charge < -0.3 is 25.2 Å². The summed E-state index contributed by atoms with van der Waals surface area (Å²) in [7, 11) is 2.31. The van der Waals surface area contributed by atoms with Crippen LogP contribution in [0.3, 0.4) is 0 Å².